The van der Waals surface area contributed by atoms with Crippen molar-refractivity contribution in [2.75, 3.05) is 45.3 Å². The van der Waals surface area contributed by atoms with Gasteiger partial charge in [0, 0.05) is 25.7 Å². The van der Waals surface area contributed by atoms with Crippen LogP contribution in [-0.2, 0) is 4.74 Å². The maximum atomic E-state index is 13.9. The summed E-state index contributed by atoms with van der Waals surface area (Å²) in [5, 5.41) is 14.5. The van der Waals surface area contributed by atoms with Crippen molar-refractivity contribution >= 4 is 11.4 Å². The third kappa shape index (κ3) is 4.58. The SMILES string of the molecule is COc1cc(NC[C@@H](c2cccc(C)c2)N2CCOCC2)c([N+](=O)[O-])cc1F. The summed E-state index contributed by atoms with van der Waals surface area (Å²) in [7, 11) is 1.33. The smallest absolute Gasteiger partial charge is 0.295 e. The van der Waals surface area contributed by atoms with Gasteiger partial charge in [-0.1, -0.05) is 29.8 Å². The number of halogens is 1. The van der Waals surface area contributed by atoms with Gasteiger partial charge in [-0.15, -0.1) is 0 Å². The molecule has 1 atom stereocenters. The second kappa shape index (κ2) is 8.99. The van der Waals surface area contributed by atoms with Gasteiger partial charge in [0.15, 0.2) is 11.6 Å². The average Bonchev–Trinajstić information content (AvgIpc) is 2.69. The normalized spacial score (nSPS) is 15.8. The lowest BCUT2D eigenvalue weighted by atomic mass is 10.0. The quantitative estimate of drug-likeness (QED) is 0.577. The molecule has 7 nitrogen and oxygen atoms in total. The lowest BCUT2D eigenvalue weighted by Gasteiger charge is -2.35. The summed E-state index contributed by atoms with van der Waals surface area (Å²) >= 11 is 0. The van der Waals surface area contributed by atoms with Crippen LogP contribution in [0.2, 0.25) is 0 Å². The summed E-state index contributed by atoms with van der Waals surface area (Å²) in [6, 6.07) is 10.4. The number of ether oxygens (including phenoxy) is 2. The van der Waals surface area contributed by atoms with E-state index in [1.807, 2.05) is 19.1 Å². The van der Waals surface area contributed by atoms with E-state index in [1.165, 1.54) is 13.2 Å². The van der Waals surface area contributed by atoms with Crippen LogP contribution >= 0.6 is 0 Å². The molecule has 1 saturated heterocycles. The number of benzene rings is 2. The molecule has 0 spiro atoms. The van der Waals surface area contributed by atoms with Crippen molar-refractivity contribution in [2.45, 2.75) is 13.0 Å². The van der Waals surface area contributed by atoms with Crippen molar-refractivity contribution in [3.8, 4) is 5.75 Å². The molecule has 2 aromatic carbocycles. The van der Waals surface area contributed by atoms with Crippen LogP contribution in [0, 0.1) is 22.9 Å². The van der Waals surface area contributed by atoms with Gasteiger partial charge in [0.05, 0.1) is 37.4 Å². The first kappa shape index (κ1) is 20.0. The fourth-order valence-electron chi connectivity index (χ4n) is 3.42. The molecule has 1 fully saturated rings. The molecule has 0 aliphatic carbocycles. The number of rotatable bonds is 7. The van der Waals surface area contributed by atoms with Crippen LogP contribution in [0.5, 0.6) is 5.75 Å². The molecule has 28 heavy (non-hydrogen) atoms. The maximum absolute atomic E-state index is 13.9. The molecule has 1 heterocycles. The zero-order chi connectivity index (χ0) is 20.1. The van der Waals surface area contributed by atoms with E-state index in [0.717, 1.165) is 30.3 Å². The highest BCUT2D eigenvalue weighted by Gasteiger charge is 2.25. The number of morpholine rings is 1. The molecule has 0 aromatic heterocycles. The number of nitro groups is 1. The Labute approximate surface area is 163 Å². The predicted octanol–water partition coefficient (Wildman–Crippen LogP) is 3.54. The van der Waals surface area contributed by atoms with Gasteiger partial charge in [-0.25, -0.2) is 4.39 Å². The van der Waals surface area contributed by atoms with Crippen molar-refractivity contribution < 1.29 is 18.8 Å². The topological polar surface area (TPSA) is 76.9 Å². The second-order valence-corrected chi connectivity index (χ2v) is 6.72. The molecule has 0 amide bonds. The number of nitrogens with one attached hydrogen (secondary N) is 1. The van der Waals surface area contributed by atoms with Gasteiger partial charge in [-0.05, 0) is 12.5 Å². The van der Waals surface area contributed by atoms with Gasteiger partial charge in [0.1, 0.15) is 5.69 Å². The highest BCUT2D eigenvalue weighted by molar-refractivity contribution is 5.64. The molecule has 150 valence electrons. The van der Waals surface area contributed by atoms with Gasteiger partial charge in [-0.3, -0.25) is 15.0 Å². The van der Waals surface area contributed by atoms with Gasteiger partial charge in [0.25, 0.3) is 5.69 Å². The average molecular weight is 389 g/mol. The predicted molar refractivity (Wildman–Crippen MR) is 104 cm³/mol. The first-order valence-electron chi connectivity index (χ1n) is 9.13. The summed E-state index contributed by atoms with van der Waals surface area (Å²) in [6.07, 6.45) is 0. The van der Waals surface area contributed by atoms with Crippen LogP contribution < -0.4 is 10.1 Å². The van der Waals surface area contributed by atoms with Crippen molar-refractivity contribution in [1.82, 2.24) is 4.90 Å². The van der Waals surface area contributed by atoms with Gasteiger partial charge < -0.3 is 14.8 Å². The third-order valence-electron chi connectivity index (χ3n) is 4.87. The van der Waals surface area contributed by atoms with E-state index in [0.29, 0.717) is 19.8 Å². The van der Waals surface area contributed by atoms with Crippen molar-refractivity contribution in [2.24, 2.45) is 0 Å². The Morgan fingerprint density at radius 3 is 2.71 bits per heavy atom. The lowest BCUT2D eigenvalue weighted by molar-refractivity contribution is -0.384. The highest BCUT2D eigenvalue weighted by Crippen LogP contribution is 2.33. The first-order chi connectivity index (χ1) is 13.5. The minimum Gasteiger partial charge on any atom is -0.494 e. The number of nitrogens with zero attached hydrogens (tertiary/aromatic N) is 2. The Hall–Kier alpha value is -2.71. The van der Waals surface area contributed by atoms with Gasteiger partial charge in [-0.2, -0.15) is 0 Å². The van der Waals surface area contributed by atoms with E-state index in [2.05, 4.69) is 22.3 Å². The molecule has 1 aliphatic heterocycles. The van der Waals surface area contributed by atoms with Gasteiger partial charge in [0.2, 0.25) is 0 Å². The Balaban J connectivity index is 1.88. The monoisotopic (exact) mass is 389 g/mol. The maximum Gasteiger partial charge on any atom is 0.295 e. The van der Waals surface area contributed by atoms with E-state index in [1.54, 1.807) is 0 Å². The van der Waals surface area contributed by atoms with Crippen molar-refractivity contribution in [3.05, 3.63) is 63.5 Å². The summed E-state index contributed by atoms with van der Waals surface area (Å²) in [5.41, 5.74) is 2.17. The number of aryl methyl sites for hydroxylation is 1. The van der Waals surface area contributed by atoms with E-state index < -0.39 is 10.7 Å². The summed E-state index contributed by atoms with van der Waals surface area (Å²) in [4.78, 5) is 13.1. The fraction of sp³-hybridized carbons (Fsp3) is 0.400. The summed E-state index contributed by atoms with van der Waals surface area (Å²) in [6.45, 7) is 5.30. The van der Waals surface area contributed by atoms with Crippen LogP contribution in [0.25, 0.3) is 0 Å². The molecular weight excluding hydrogens is 365 g/mol. The van der Waals surface area contributed by atoms with E-state index in [9.17, 15) is 14.5 Å². The molecular formula is C20H24FN3O4. The van der Waals surface area contributed by atoms with E-state index in [-0.39, 0.29) is 23.2 Å². The molecule has 1 N–H and O–H groups in total. The largest absolute Gasteiger partial charge is 0.494 e. The molecule has 0 bridgehead atoms. The fourth-order valence-corrected chi connectivity index (χ4v) is 3.42. The van der Waals surface area contributed by atoms with Crippen LogP contribution in [0.3, 0.4) is 0 Å². The molecule has 1 aliphatic rings. The first-order valence-corrected chi connectivity index (χ1v) is 9.13. The number of anilines is 1. The summed E-state index contributed by atoms with van der Waals surface area (Å²) in [5.74, 6) is -0.797. The molecule has 8 heteroatoms. The molecule has 0 unspecified atom stereocenters. The van der Waals surface area contributed by atoms with Crippen molar-refractivity contribution in [1.29, 1.82) is 0 Å². The number of hydrogen-bond acceptors (Lipinski definition) is 6. The highest BCUT2D eigenvalue weighted by atomic mass is 19.1. The zero-order valence-electron chi connectivity index (χ0n) is 16.0. The summed E-state index contributed by atoms with van der Waals surface area (Å²) < 4.78 is 24.3. The van der Waals surface area contributed by atoms with Crippen LogP contribution in [-0.4, -0.2) is 49.8 Å². The molecule has 2 aromatic rings. The number of methoxy groups -OCH3 is 1. The second-order valence-electron chi connectivity index (χ2n) is 6.72. The van der Waals surface area contributed by atoms with Crippen molar-refractivity contribution in [3.63, 3.8) is 0 Å². The minimum atomic E-state index is -0.761. The lowest BCUT2D eigenvalue weighted by Crippen LogP contribution is -2.41. The van der Waals surface area contributed by atoms with Crippen LogP contribution in [0.1, 0.15) is 17.2 Å². The Morgan fingerprint density at radius 2 is 2.07 bits per heavy atom. The zero-order valence-corrected chi connectivity index (χ0v) is 16.0. The van der Waals surface area contributed by atoms with Crippen LogP contribution in [0.4, 0.5) is 15.8 Å². The molecule has 0 saturated carbocycles. The number of nitro benzene ring substituents is 1. The molecule has 0 radical (unpaired) electrons. The Bertz CT molecular complexity index is 840. The van der Waals surface area contributed by atoms with E-state index in [4.69, 9.17) is 9.47 Å². The number of hydrogen-bond donors (Lipinski definition) is 1. The standard InChI is InChI=1S/C20H24FN3O4/c1-14-4-3-5-15(10-14)19(23-6-8-28-9-7-23)13-22-17-12-20(27-2)16(21)11-18(17)24(25)26/h3-5,10-12,19,22H,6-9,13H2,1-2H3/t19-/m0/s1. The van der Waals surface area contributed by atoms with Gasteiger partial charge >= 0.3 is 0 Å². The minimum absolute atomic E-state index is 0.000507. The van der Waals surface area contributed by atoms with Crippen LogP contribution in [0.15, 0.2) is 36.4 Å². The Kier molecular flexibility index (Phi) is 6.43. The Morgan fingerprint density at radius 1 is 1.32 bits per heavy atom. The van der Waals surface area contributed by atoms with E-state index >= 15 is 0 Å². The third-order valence-corrected chi connectivity index (χ3v) is 4.87. The molecule has 3 rings (SSSR count).